The molecule has 1 N–H and O–H groups in total. The lowest BCUT2D eigenvalue weighted by atomic mass is 9.96. The smallest absolute Gasteiger partial charge is 0.307 e. The zero-order valence-corrected chi connectivity index (χ0v) is 14.8. The third-order valence-electron chi connectivity index (χ3n) is 4.12. The summed E-state index contributed by atoms with van der Waals surface area (Å²) in [4.78, 5) is 11.1. The molecule has 122 valence electrons. The predicted octanol–water partition coefficient (Wildman–Crippen LogP) is 2.51. The minimum absolute atomic E-state index is 0.00765. The topological polar surface area (TPSA) is 74.7 Å². The van der Waals surface area contributed by atoms with E-state index in [1.54, 1.807) is 0 Å². The van der Waals surface area contributed by atoms with Crippen molar-refractivity contribution < 1.29 is 18.3 Å². The lowest BCUT2D eigenvalue weighted by Gasteiger charge is -2.35. The van der Waals surface area contributed by atoms with Crippen molar-refractivity contribution in [2.75, 3.05) is 12.3 Å². The number of nitrogens with zero attached hydrogens (tertiary/aromatic N) is 1. The second-order valence-corrected chi connectivity index (χ2v) is 8.58. The number of hydrogen-bond acceptors (Lipinski definition) is 3. The van der Waals surface area contributed by atoms with Crippen LogP contribution in [-0.4, -0.2) is 42.1 Å². The molecule has 0 radical (unpaired) electrons. The Morgan fingerprint density at radius 2 is 2.05 bits per heavy atom. The monoisotopic (exact) mass is 389 g/mol. The molecular formula is C15H20BrNO4S. The maximum atomic E-state index is 12.6. The fourth-order valence-electron chi connectivity index (χ4n) is 2.72. The van der Waals surface area contributed by atoms with Crippen LogP contribution in [0.5, 0.6) is 0 Å². The van der Waals surface area contributed by atoms with E-state index in [1.807, 2.05) is 31.2 Å². The van der Waals surface area contributed by atoms with Gasteiger partial charge in [-0.15, -0.1) is 0 Å². The number of hydrogen-bond donors (Lipinski definition) is 1. The van der Waals surface area contributed by atoms with Gasteiger partial charge < -0.3 is 5.11 Å². The molecule has 0 saturated carbocycles. The molecule has 0 aliphatic carbocycles. The average Bonchev–Trinajstić information content (AvgIpc) is 2.46. The molecule has 1 aromatic rings. The van der Waals surface area contributed by atoms with Crippen LogP contribution in [0.25, 0.3) is 0 Å². The van der Waals surface area contributed by atoms with Gasteiger partial charge in [0.15, 0.2) is 0 Å². The van der Waals surface area contributed by atoms with E-state index in [1.165, 1.54) is 4.31 Å². The SMILES string of the molecule is CC1CCC(C(=O)O)CN1S(=O)(=O)CCc1ccccc1Br. The summed E-state index contributed by atoms with van der Waals surface area (Å²) >= 11 is 3.41. The Balaban J connectivity index is 2.08. The first-order chi connectivity index (χ1) is 10.3. The van der Waals surface area contributed by atoms with Gasteiger partial charge in [-0.3, -0.25) is 4.79 Å². The van der Waals surface area contributed by atoms with Crippen LogP contribution in [0.3, 0.4) is 0 Å². The van der Waals surface area contributed by atoms with Crippen LogP contribution in [0.15, 0.2) is 28.7 Å². The largest absolute Gasteiger partial charge is 0.481 e. The second-order valence-electron chi connectivity index (χ2n) is 5.69. The number of halogens is 1. The van der Waals surface area contributed by atoms with Gasteiger partial charge in [-0.25, -0.2) is 8.42 Å². The molecule has 7 heteroatoms. The van der Waals surface area contributed by atoms with Gasteiger partial charge in [-0.1, -0.05) is 34.1 Å². The van der Waals surface area contributed by atoms with E-state index >= 15 is 0 Å². The zero-order valence-electron chi connectivity index (χ0n) is 12.4. The van der Waals surface area contributed by atoms with Gasteiger partial charge in [0.25, 0.3) is 0 Å². The van der Waals surface area contributed by atoms with Crippen LogP contribution >= 0.6 is 15.9 Å². The van der Waals surface area contributed by atoms with Gasteiger partial charge >= 0.3 is 5.97 Å². The van der Waals surface area contributed by atoms with Crippen molar-refractivity contribution in [3.63, 3.8) is 0 Å². The summed E-state index contributed by atoms with van der Waals surface area (Å²) in [6.45, 7) is 1.92. The molecule has 2 rings (SSSR count). The fraction of sp³-hybridized carbons (Fsp3) is 0.533. The number of sulfonamides is 1. The summed E-state index contributed by atoms with van der Waals surface area (Å²) in [5.41, 5.74) is 0.936. The van der Waals surface area contributed by atoms with Crippen LogP contribution in [0.2, 0.25) is 0 Å². The Morgan fingerprint density at radius 1 is 1.36 bits per heavy atom. The molecule has 0 amide bonds. The molecule has 0 bridgehead atoms. The van der Waals surface area contributed by atoms with E-state index in [-0.39, 0.29) is 18.3 Å². The molecule has 22 heavy (non-hydrogen) atoms. The number of carbonyl (C=O) groups is 1. The first-order valence-electron chi connectivity index (χ1n) is 7.27. The molecular weight excluding hydrogens is 370 g/mol. The molecule has 0 aromatic heterocycles. The molecule has 1 heterocycles. The van der Waals surface area contributed by atoms with Gasteiger partial charge in [0.1, 0.15) is 0 Å². The van der Waals surface area contributed by atoms with Crippen molar-refractivity contribution in [1.82, 2.24) is 4.31 Å². The number of aryl methyl sites for hydroxylation is 1. The van der Waals surface area contributed by atoms with Crippen LogP contribution < -0.4 is 0 Å². The molecule has 5 nitrogen and oxygen atoms in total. The summed E-state index contributed by atoms with van der Waals surface area (Å²) in [6.07, 6.45) is 1.53. The summed E-state index contributed by atoms with van der Waals surface area (Å²) in [5, 5.41) is 9.12. The van der Waals surface area contributed by atoms with E-state index in [0.29, 0.717) is 19.3 Å². The lowest BCUT2D eigenvalue weighted by Crippen LogP contribution is -2.48. The van der Waals surface area contributed by atoms with Crippen molar-refractivity contribution in [2.24, 2.45) is 5.92 Å². The summed E-state index contributed by atoms with van der Waals surface area (Å²) < 4.78 is 27.4. The van der Waals surface area contributed by atoms with Gasteiger partial charge in [-0.2, -0.15) is 4.31 Å². The normalized spacial score (nSPS) is 23.4. The van der Waals surface area contributed by atoms with Crippen LogP contribution in [0.4, 0.5) is 0 Å². The number of piperidine rings is 1. The lowest BCUT2D eigenvalue weighted by molar-refractivity contribution is -0.143. The maximum absolute atomic E-state index is 12.6. The number of carboxylic acids is 1. The Labute approximate surface area is 139 Å². The molecule has 1 aromatic carbocycles. The molecule has 2 unspecified atom stereocenters. The Kier molecular flexibility index (Phi) is 5.63. The minimum atomic E-state index is -3.46. The van der Waals surface area contributed by atoms with Gasteiger partial charge in [0, 0.05) is 17.1 Å². The first kappa shape index (κ1) is 17.4. The summed E-state index contributed by atoms with van der Waals surface area (Å²) in [5.74, 6) is -1.53. The van der Waals surface area contributed by atoms with Crippen LogP contribution in [-0.2, 0) is 21.2 Å². The van der Waals surface area contributed by atoms with Gasteiger partial charge in [0.05, 0.1) is 11.7 Å². The predicted molar refractivity (Wildman–Crippen MR) is 88.2 cm³/mol. The minimum Gasteiger partial charge on any atom is -0.481 e. The Bertz CT molecular complexity index is 647. The van der Waals surface area contributed by atoms with Crippen molar-refractivity contribution >= 4 is 31.9 Å². The molecule has 1 aliphatic heterocycles. The van der Waals surface area contributed by atoms with Crippen molar-refractivity contribution in [1.29, 1.82) is 0 Å². The van der Waals surface area contributed by atoms with Crippen molar-refractivity contribution in [3.8, 4) is 0 Å². The van der Waals surface area contributed by atoms with E-state index in [2.05, 4.69) is 15.9 Å². The number of aliphatic carboxylic acids is 1. The van der Waals surface area contributed by atoms with Crippen LogP contribution in [0, 0.1) is 5.92 Å². The van der Waals surface area contributed by atoms with Gasteiger partial charge in [0.2, 0.25) is 10.0 Å². The maximum Gasteiger partial charge on any atom is 0.307 e. The summed E-state index contributed by atoms with van der Waals surface area (Å²) in [7, 11) is -3.46. The van der Waals surface area contributed by atoms with Crippen molar-refractivity contribution in [2.45, 2.75) is 32.2 Å². The van der Waals surface area contributed by atoms with Crippen LogP contribution in [0.1, 0.15) is 25.3 Å². The molecule has 2 atom stereocenters. The highest BCUT2D eigenvalue weighted by molar-refractivity contribution is 9.10. The fourth-order valence-corrected chi connectivity index (χ4v) is 4.98. The van der Waals surface area contributed by atoms with E-state index < -0.39 is 21.9 Å². The second kappa shape index (κ2) is 7.10. The molecule has 0 spiro atoms. The highest BCUT2D eigenvalue weighted by Gasteiger charge is 2.36. The number of rotatable bonds is 5. The van der Waals surface area contributed by atoms with E-state index in [9.17, 15) is 13.2 Å². The molecule has 1 fully saturated rings. The van der Waals surface area contributed by atoms with Crippen molar-refractivity contribution in [3.05, 3.63) is 34.3 Å². The third kappa shape index (κ3) is 4.08. The first-order valence-corrected chi connectivity index (χ1v) is 9.67. The number of carboxylic acid groups (broad SMARTS) is 1. The molecule has 1 aliphatic rings. The third-order valence-corrected chi connectivity index (χ3v) is 6.84. The standard InChI is InChI=1S/C15H20BrNO4S/c1-11-6-7-13(15(18)19)10-17(11)22(20,21)9-8-12-4-2-3-5-14(12)16/h2-5,11,13H,6-10H2,1H3,(H,18,19). The van der Waals surface area contributed by atoms with Gasteiger partial charge in [-0.05, 0) is 37.8 Å². The highest BCUT2D eigenvalue weighted by atomic mass is 79.9. The highest BCUT2D eigenvalue weighted by Crippen LogP contribution is 2.26. The Morgan fingerprint density at radius 3 is 2.68 bits per heavy atom. The Hall–Kier alpha value is -0.920. The average molecular weight is 390 g/mol. The van der Waals surface area contributed by atoms with E-state index in [0.717, 1.165) is 10.0 Å². The molecule has 1 saturated heterocycles. The quantitative estimate of drug-likeness (QED) is 0.839. The zero-order chi connectivity index (χ0) is 16.3. The van der Waals surface area contributed by atoms with E-state index in [4.69, 9.17) is 5.11 Å². The number of benzene rings is 1. The summed E-state index contributed by atoms with van der Waals surface area (Å²) in [6, 6.07) is 7.38.